The van der Waals surface area contributed by atoms with E-state index in [1.54, 1.807) is 24.3 Å². The molecule has 0 fully saturated rings. The van der Waals surface area contributed by atoms with Crippen molar-refractivity contribution in [3.05, 3.63) is 41.2 Å². The maximum Gasteiger partial charge on any atom is 0.287 e. The Hall–Kier alpha value is -1.42. The smallest absolute Gasteiger partial charge is 0.276 e. The summed E-state index contributed by atoms with van der Waals surface area (Å²) in [7, 11) is 0. The van der Waals surface area contributed by atoms with E-state index >= 15 is 0 Å². The van der Waals surface area contributed by atoms with E-state index in [0.29, 0.717) is 16.1 Å². The number of benzene rings is 1. The predicted octanol–water partition coefficient (Wildman–Crippen LogP) is 3.84. The Morgan fingerprint density at radius 2 is 1.94 bits per heavy atom. The summed E-state index contributed by atoms with van der Waals surface area (Å²) in [6.45, 7) is 0.820. The van der Waals surface area contributed by atoms with Gasteiger partial charge in [-0.05, 0) is 6.07 Å². The SMILES string of the molecule is CC(F)(F)c1[nH]ncc1-c1ccccc1Cl. The highest BCUT2D eigenvalue weighted by atomic mass is 35.5. The van der Waals surface area contributed by atoms with Gasteiger partial charge in [0.05, 0.1) is 6.20 Å². The maximum absolute atomic E-state index is 13.3. The molecule has 2 rings (SSSR count). The molecule has 16 heavy (non-hydrogen) atoms. The lowest BCUT2D eigenvalue weighted by atomic mass is 10.0. The molecule has 84 valence electrons. The zero-order valence-corrected chi connectivity index (χ0v) is 9.22. The molecule has 0 unspecified atom stereocenters. The summed E-state index contributed by atoms with van der Waals surface area (Å²) < 4.78 is 26.5. The number of nitrogens with zero attached hydrogens (tertiary/aromatic N) is 1. The van der Waals surface area contributed by atoms with Crippen LogP contribution in [0.4, 0.5) is 8.78 Å². The Morgan fingerprint density at radius 1 is 1.25 bits per heavy atom. The summed E-state index contributed by atoms with van der Waals surface area (Å²) in [5.41, 5.74) is 0.660. The van der Waals surface area contributed by atoms with Crippen molar-refractivity contribution in [1.82, 2.24) is 10.2 Å². The molecule has 0 amide bonds. The monoisotopic (exact) mass is 242 g/mol. The van der Waals surface area contributed by atoms with E-state index < -0.39 is 5.92 Å². The molecule has 0 saturated carbocycles. The van der Waals surface area contributed by atoms with Gasteiger partial charge in [0.25, 0.3) is 5.92 Å². The minimum Gasteiger partial charge on any atom is -0.276 e. The first-order valence-electron chi connectivity index (χ1n) is 4.66. The van der Waals surface area contributed by atoms with Gasteiger partial charge in [0.1, 0.15) is 5.69 Å². The fraction of sp³-hybridized carbons (Fsp3) is 0.182. The molecule has 0 atom stereocenters. The van der Waals surface area contributed by atoms with E-state index in [1.807, 2.05) is 0 Å². The molecule has 1 aromatic heterocycles. The zero-order valence-electron chi connectivity index (χ0n) is 8.47. The van der Waals surface area contributed by atoms with Gasteiger partial charge in [-0.3, -0.25) is 5.10 Å². The van der Waals surface area contributed by atoms with Crippen LogP contribution in [0.3, 0.4) is 0 Å². The fourth-order valence-corrected chi connectivity index (χ4v) is 1.74. The number of nitrogens with one attached hydrogen (secondary N) is 1. The second-order valence-electron chi connectivity index (χ2n) is 3.53. The summed E-state index contributed by atoms with van der Waals surface area (Å²) in [6.07, 6.45) is 1.36. The van der Waals surface area contributed by atoms with E-state index in [2.05, 4.69) is 10.2 Å². The van der Waals surface area contributed by atoms with Crippen LogP contribution in [0.1, 0.15) is 12.6 Å². The average Bonchev–Trinajstić information content (AvgIpc) is 2.66. The summed E-state index contributed by atoms with van der Waals surface area (Å²) >= 11 is 5.95. The van der Waals surface area contributed by atoms with Crippen LogP contribution < -0.4 is 0 Å². The molecule has 5 heteroatoms. The second-order valence-corrected chi connectivity index (χ2v) is 3.93. The van der Waals surface area contributed by atoms with Gasteiger partial charge in [0.15, 0.2) is 0 Å². The van der Waals surface area contributed by atoms with Gasteiger partial charge in [-0.15, -0.1) is 0 Å². The van der Waals surface area contributed by atoms with Crippen molar-refractivity contribution in [2.45, 2.75) is 12.8 Å². The summed E-state index contributed by atoms with van der Waals surface area (Å²) in [6, 6.07) is 6.82. The normalized spacial score (nSPS) is 11.8. The highest BCUT2D eigenvalue weighted by molar-refractivity contribution is 6.33. The van der Waals surface area contributed by atoms with Crippen LogP contribution >= 0.6 is 11.6 Å². The number of alkyl halides is 2. The average molecular weight is 243 g/mol. The lowest BCUT2D eigenvalue weighted by molar-refractivity contribution is 0.0133. The van der Waals surface area contributed by atoms with Crippen LogP contribution in [0.5, 0.6) is 0 Å². The molecule has 2 aromatic rings. The molecular formula is C11H9ClF2N2. The Morgan fingerprint density at radius 3 is 2.56 bits per heavy atom. The first-order chi connectivity index (χ1) is 7.50. The van der Waals surface area contributed by atoms with E-state index in [0.717, 1.165) is 6.92 Å². The lowest BCUT2D eigenvalue weighted by Crippen LogP contribution is -2.09. The van der Waals surface area contributed by atoms with E-state index in [4.69, 9.17) is 11.6 Å². The van der Waals surface area contributed by atoms with Crippen LogP contribution in [0, 0.1) is 0 Å². The summed E-state index contributed by atoms with van der Waals surface area (Å²) in [5, 5.41) is 6.38. The summed E-state index contributed by atoms with van der Waals surface area (Å²) in [5.74, 6) is -2.97. The first-order valence-corrected chi connectivity index (χ1v) is 5.04. The predicted molar refractivity (Wildman–Crippen MR) is 58.6 cm³/mol. The van der Waals surface area contributed by atoms with Gasteiger partial charge >= 0.3 is 0 Å². The Labute approximate surface area is 96.2 Å². The molecule has 0 saturated heterocycles. The quantitative estimate of drug-likeness (QED) is 0.852. The van der Waals surface area contributed by atoms with Crippen molar-refractivity contribution in [1.29, 1.82) is 0 Å². The third-order valence-corrected chi connectivity index (χ3v) is 2.57. The van der Waals surface area contributed by atoms with Crippen LogP contribution in [-0.2, 0) is 5.92 Å². The molecule has 0 spiro atoms. The zero-order chi connectivity index (χ0) is 11.8. The van der Waals surface area contributed by atoms with Gasteiger partial charge in [-0.2, -0.15) is 13.9 Å². The first kappa shape index (κ1) is 11.1. The van der Waals surface area contributed by atoms with E-state index in [-0.39, 0.29) is 5.69 Å². The summed E-state index contributed by atoms with van der Waals surface area (Å²) in [4.78, 5) is 0. The largest absolute Gasteiger partial charge is 0.287 e. The van der Waals surface area contributed by atoms with Gasteiger partial charge in [-0.25, -0.2) is 0 Å². The fourth-order valence-electron chi connectivity index (χ4n) is 1.50. The molecule has 1 heterocycles. The number of hydrogen-bond acceptors (Lipinski definition) is 1. The molecule has 0 aliphatic heterocycles. The number of halogens is 3. The number of rotatable bonds is 2. The van der Waals surface area contributed by atoms with Crippen molar-refractivity contribution >= 4 is 11.6 Å². The molecule has 0 aliphatic carbocycles. The highest BCUT2D eigenvalue weighted by Gasteiger charge is 2.30. The number of H-pyrrole nitrogens is 1. The third-order valence-electron chi connectivity index (χ3n) is 2.24. The molecular weight excluding hydrogens is 234 g/mol. The number of aromatic nitrogens is 2. The lowest BCUT2D eigenvalue weighted by Gasteiger charge is -2.11. The molecule has 0 radical (unpaired) electrons. The van der Waals surface area contributed by atoms with E-state index in [9.17, 15) is 8.78 Å². The highest BCUT2D eigenvalue weighted by Crippen LogP contribution is 2.36. The minimum absolute atomic E-state index is 0.222. The van der Waals surface area contributed by atoms with Crippen LogP contribution in [0.15, 0.2) is 30.5 Å². The minimum atomic E-state index is -2.97. The van der Waals surface area contributed by atoms with Crippen LogP contribution in [-0.4, -0.2) is 10.2 Å². The third kappa shape index (κ3) is 1.93. The topological polar surface area (TPSA) is 28.7 Å². The molecule has 1 N–H and O–H groups in total. The Bertz CT molecular complexity index is 503. The van der Waals surface area contributed by atoms with Crippen LogP contribution in [0.2, 0.25) is 5.02 Å². The maximum atomic E-state index is 13.3. The van der Waals surface area contributed by atoms with Crippen molar-refractivity contribution in [2.24, 2.45) is 0 Å². The Balaban J connectivity index is 2.58. The van der Waals surface area contributed by atoms with Crippen molar-refractivity contribution in [3.63, 3.8) is 0 Å². The number of aromatic amines is 1. The van der Waals surface area contributed by atoms with Gasteiger partial charge in [0.2, 0.25) is 0 Å². The van der Waals surface area contributed by atoms with Gasteiger partial charge < -0.3 is 0 Å². The van der Waals surface area contributed by atoms with E-state index in [1.165, 1.54) is 6.20 Å². The second kappa shape index (κ2) is 3.87. The van der Waals surface area contributed by atoms with Crippen molar-refractivity contribution in [2.75, 3.05) is 0 Å². The molecule has 2 nitrogen and oxygen atoms in total. The van der Waals surface area contributed by atoms with Gasteiger partial charge in [0, 0.05) is 23.1 Å². The molecule has 0 aliphatic rings. The van der Waals surface area contributed by atoms with Gasteiger partial charge in [-0.1, -0.05) is 29.8 Å². The Kier molecular flexibility index (Phi) is 2.68. The van der Waals surface area contributed by atoms with Crippen molar-refractivity contribution < 1.29 is 8.78 Å². The number of hydrogen-bond donors (Lipinski definition) is 1. The van der Waals surface area contributed by atoms with Crippen LogP contribution in [0.25, 0.3) is 11.1 Å². The molecule has 1 aromatic carbocycles. The van der Waals surface area contributed by atoms with Crippen molar-refractivity contribution in [3.8, 4) is 11.1 Å². The molecule has 0 bridgehead atoms. The standard InChI is InChI=1S/C11H9ClF2N2/c1-11(13,14)10-8(6-15-16-10)7-4-2-3-5-9(7)12/h2-6H,1H3,(H,15,16).